The molecule has 5 rings (SSSR count). The number of alkyl carbamates (subject to hydrolysis) is 1. The first-order valence-corrected chi connectivity index (χ1v) is 12.1. The van der Waals surface area contributed by atoms with Crippen LogP contribution >= 0.6 is 0 Å². The molecule has 2 fully saturated rings. The van der Waals surface area contributed by atoms with E-state index in [1.165, 1.54) is 0 Å². The second-order valence-electron chi connectivity index (χ2n) is 9.57. The Morgan fingerprint density at radius 2 is 1.71 bits per heavy atom. The summed E-state index contributed by atoms with van der Waals surface area (Å²) in [5, 5.41) is 12.1. The van der Waals surface area contributed by atoms with Gasteiger partial charge in [-0.2, -0.15) is 0 Å². The third-order valence-corrected chi connectivity index (χ3v) is 7.64. The lowest BCUT2D eigenvalue weighted by atomic mass is 9.98. The van der Waals surface area contributed by atoms with Crippen molar-refractivity contribution in [3.8, 4) is 11.1 Å². The van der Waals surface area contributed by atoms with Crippen molar-refractivity contribution in [1.29, 1.82) is 0 Å². The van der Waals surface area contributed by atoms with E-state index in [2.05, 4.69) is 29.6 Å². The second kappa shape index (κ2) is 9.70. The average molecular weight is 479 g/mol. The van der Waals surface area contributed by atoms with Crippen LogP contribution in [0.5, 0.6) is 0 Å². The Morgan fingerprint density at radius 3 is 2.34 bits per heavy atom. The molecule has 1 saturated carbocycles. The molecule has 2 amide bonds. The predicted octanol–water partition coefficient (Wildman–Crippen LogP) is 3.11. The normalized spacial score (nSPS) is 23.0. The highest BCUT2D eigenvalue weighted by Crippen LogP contribution is 2.51. The van der Waals surface area contributed by atoms with E-state index in [1.54, 1.807) is 12.0 Å². The monoisotopic (exact) mass is 478 g/mol. The van der Waals surface area contributed by atoms with Gasteiger partial charge in [0, 0.05) is 39.1 Å². The number of rotatable bonds is 8. The van der Waals surface area contributed by atoms with Gasteiger partial charge in [0.15, 0.2) is 0 Å². The van der Waals surface area contributed by atoms with Gasteiger partial charge in [0.25, 0.3) is 0 Å². The minimum absolute atomic E-state index is 0.00253. The smallest absolute Gasteiger partial charge is 0.407 e. The lowest BCUT2D eigenvalue weighted by molar-refractivity contribution is -0.139. The molecule has 8 heteroatoms. The number of carbonyl (C=O) groups excluding carboxylic acids is 2. The van der Waals surface area contributed by atoms with Gasteiger partial charge in [-0.3, -0.25) is 9.59 Å². The van der Waals surface area contributed by atoms with Gasteiger partial charge < -0.3 is 24.8 Å². The number of ether oxygens (including phenoxy) is 2. The Balaban J connectivity index is 1.22. The highest BCUT2D eigenvalue weighted by Gasteiger charge is 2.57. The van der Waals surface area contributed by atoms with Gasteiger partial charge in [-0.05, 0) is 40.5 Å². The molecule has 8 nitrogen and oxygen atoms in total. The number of amides is 2. The Bertz CT molecular complexity index is 1090. The molecule has 0 aromatic heterocycles. The summed E-state index contributed by atoms with van der Waals surface area (Å²) in [6, 6.07) is 15.4. The fourth-order valence-corrected chi connectivity index (χ4v) is 5.80. The number of carboxylic acids is 1. The van der Waals surface area contributed by atoms with Crippen molar-refractivity contribution in [2.24, 2.45) is 17.8 Å². The van der Waals surface area contributed by atoms with Crippen LogP contribution in [0.25, 0.3) is 11.1 Å². The van der Waals surface area contributed by atoms with Gasteiger partial charge in [0.05, 0.1) is 5.92 Å². The number of fused-ring (bicyclic) bond motifs is 4. The molecule has 0 radical (unpaired) electrons. The summed E-state index contributed by atoms with van der Waals surface area (Å²) in [5.41, 5.74) is 4.53. The molecular formula is C27H30N2O6. The van der Waals surface area contributed by atoms with Crippen LogP contribution in [0.2, 0.25) is 0 Å². The number of piperidine rings is 1. The molecule has 2 N–H and O–H groups in total. The van der Waals surface area contributed by atoms with Crippen LogP contribution in [-0.2, 0) is 19.1 Å². The number of nitrogens with one attached hydrogen (secondary N) is 1. The number of aliphatic carboxylic acids is 1. The van der Waals surface area contributed by atoms with Gasteiger partial charge in [0.1, 0.15) is 12.6 Å². The fraction of sp³-hybridized carbons (Fsp3) is 0.444. The topological polar surface area (TPSA) is 105 Å². The van der Waals surface area contributed by atoms with Crippen LogP contribution in [0, 0.1) is 17.8 Å². The lowest BCUT2D eigenvalue weighted by Crippen LogP contribution is -2.51. The molecule has 35 heavy (non-hydrogen) atoms. The molecule has 184 valence electrons. The van der Waals surface area contributed by atoms with Crippen molar-refractivity contribution in [2.75, 3.05) is 33.4 Å². The molecule has 2 aliphatic carbocycles. The first kappa shape index (κ1) is 23.4. The zero-order valence-corrected chi connectivity index (χ0v) is 19.7. The largest absolute Gasteiger partial charge is 0.481 e. The van der Waals surface area contributed by atoms with Crippen LogP contribution in [0.15, 0.2) is 48.5 Å². The maximum Gasteiger partial charge on any atom is 0.407 e. The van der Waals surface area contributed by atoms with Crippen molar-refractivity contribution in [3.63, 3.8) is 0 Å². The van der Waals surface area contributed by atoms with Gasteiger partial charge in [-0.1, -0.05) is 48.5 Å². The Labute approximate surface area is 204 Å². The zero-order valence-electron chi connectivity index (χ0n) is 19.7. The van der Waals surface area contributed by atoms with Gasteiger partial charge in [-0.25, -0.2) is 4.79 Å². The number of likely N-dealkylation sites (tertiary alicyclic amines) is 1. The number of methoxy groups -OCH3 is 1. The number of carbonyl (C=O) groups is 3. The molecule has 3 aliphatic rings. The summed E-state index contributed by atoms with van der Waals surface area (Å²) in [6.45, 7) is 1.38. The van der Waals surface area contributed by atoms with E-state index in [9.17, 15) is 19.5 Å². The van der Waals surface area contributed by atoms with E-state index in [4.69, 9.17) is 9.47 Å². The Hall–Kier alpha value is -3.39. The zero-order chi connectivity index (χ0) is 24.5. The minimum atomic E-state index is -0.790. The van der Waals surface area contributed by atoms with Crippen molar-refractivity contribution in [2.45, 2.75) is 24.8 Å². The van der Waals surface area contributed by atoms with Crippen molar-refractivity contribution < 1.29 is 29.0 Å². The lowest BCUT2D eigenvalue weighted by Gasteiger charge is -2.30. The van der Waals surface area contributed by atoms with Crippen LogP contribution < -0.4 is 5.32 Å². The molecule has 2 aromatic carbocycles. The highest BCUT2D eigenvalue weighted by molar-refractivity contribution is 5.86. The highest BCUT2D eigenvalue weighted by atomic mass is 16.5. The van der Waals surface area contributed by atoms with E-state index in [1.807, 2.05) is 24.3 Å². The second-order valence-corrected chi connectivity index (χ2v) is 9.57. The van der Waals surface area contributed by atoms with Crippen LogP contribution in [0.1, 0.15) is 29.9 Å². The van der Waals surface area contributed by atoms with Gasteiger partial charge >= 0.3 is 12.1 Å². The fourth-order valence-electron chi connectivity index (χ4n) is 5.80. The molecule has 1 heterocycles. The number of hydrogen-bond donors (Lipinski definition) is 2. The SMILES string of the molecule is COCCC(NC(=O)OCC1c2ccccc2-c2ccccc21)C(=O)N1CC[C@H]2C(C(=O)O)[C@H]2C1. The van der Waals surface area contributed by atoms with Crippen molar-refractivity contribution in [1.82, 2.24) is 10.2 Å². The molecular weight excluding hydrogens is 448 g/mol. The van der Waals surface area contributed by atoms with Crippen molar-refractivity contribution >= 4 is 18.0 Å². The summed E-state index contributed by atoms with van der Waals surface area (Å²) in [5.74, 6) is -1.28. The van der Waals surface area contributed by atoms with E-state index in [0.29, 0.717) is 32.5 Å². The molecule has 0 bridgehead atoms. The van der Waals surface area contributed by atoms with Gasteiger partial charge in [0.2, 0.25) is 5.91 Å². The summed E-state index contributed by atoms with van der Waals surface area (Å²) >= 11 is 0. The molecule has 4 atom stereocenters. The van der Waals surface area contributed by atoms with E-state index in [0.717, 1.165) is 22.3 Å². The molecule has 1 saturated heterocycles. The number of nitrogens with zero attached hydrogens (tertiary/aromatic N) is 1. The van der Waals surface area contributed by atoms with Gasteiger partial charge in [-0.15, -0.1) is 0 Å². The third kappa shape index (κ3) is 4.50. The maximum absolute atomic E-state index is 13.2. The number of benzene rings is 2. The van der Waals surface area contributed by atoms with Crippen LogP contribution in [-0.4, -0.2) is 67.4 Å². The van der Waals surface area contributed by atoms with Crippen molar-refractivity contribution in [3.05, 3.63) is 59.7 Å². The predicted molar refractivity (Wildman–Crippen MR) is 128 cm³/mol. The maximum atomic E-state index is 13.2. The van der Waals surface area contributed by atoms with Crippen LogP contribution in [0.4, 0.5) is 4.79 Å². The Kier molecular flexibility index (Phi) is 6.47. The summed E-state index contributed by atoms with van der Waals surface area (Å²) in [4.78, 5) is 39.0. The molecule has 2 aromatic rings. The van der Waals surface area contributed by atoms with E-state index < -0.39 is 18.1 Å². The first-order chi connectivity index (χ1) is 17.0. The molecule has 2 unspecified atom stereocenters. The summed E-state index contributed by atoms with van der Waals surface area (Å²) < 4.78 is 10.8. The number of carboxylic acid groups (broad SMARTS) is 1. The molecule has 0 spiro atoms. The molecule has 1 aliphatic heterocycles. The minimum Gasteiger partial charge on any atom is -0.481 e. The van der Waals surface area contributed by atoms with E-state index in [-0.39, 0.29) is 36.2 Å². The first-order valence-electron chi connectivity index (χ1n) is 12.1. The third-order valence-electron chi connectivity index (χ3n) is 7.64. The average Bonchev–Trinajstić information content (AvgIpc) is 3.52. The van der Waals surface area contributed by atoms with Crippen LogP contribution in [0.3, 0.4) is 0 Å². The quantitative estimate of drug-likeness (QED) is 0.604. The summed E-state index contributed by atoms with van der Waals surface area (Å²) in [6.07, 6.45) is 0.341. The standard InChI is InChI=1S/C27H30N2O6/c1-34-13-11-23(25(30)29-12-10-20-21(14-29)24(20)26(31)32)28-27(33)35-15-22-18-8-4-2-6-16(18)17-7-3-5-9-19(17)22/h2-9,20-24H,10-15H2,1H3,(H,28,33)(H,31,32)/t20-,21+,23?,24?/m1/s1. The Morgan fingerprint density at radius 1 is 1.06 bits per heavy atom. The number of hydrogen-bond acceptors (Lipinski definition) is 5. The van der Waals surface area contributed by atoms with E-state index >= 15 is 0 Å². The summed E-state index contributed by atoms with van der Waals surface area (Å²) in [7, 11) is 1.54.